The molecule has 2 nitrogen and oxygen atoms in total. The third kappa shape index (κ3) is 3.69. The van der Waals surface area contributed by atoms with Gasteiger partial charge in [0.25, 0.3) is 0 Å². The summed E-state index contributed by atoms with van der Waals surface area (Å²) in [7, 11) is 0. The van der Waals surface area contributed by atoms with Gasteiger partial charge in [-0.3, -0.25) is 4.90 Å². The average molecular weight is 240 g/mol. The van der Waals surface area contributed by atoms with E-state index in [1.165, 1.54) is 19.4 Å². The lowest BCUT2D eigenvalue weighted by Crippen LogP contribution is -2.60. The Balaban J connectivity index is 2.68. The molecule has 0 aromatic carbocycles. The van der Waals surface area contributed by atoms with E-state index >= 15 is 0 Å². The van der Waals surface area contributed by atoms with Crippen molar-refractivity contribution >= 4 is 0 Å². The van der Waals surface area contributed by atoms with Gasteiger partial charge in [0.05, 0.1) is 0 Å². The van der Waals surface area contributed by atoms with E-state index in [4.69, 9.17) is 0 Å². The zero-order chi connectivity index (χ0) is 13.0. The molecule has 102 valence electrons. The van der Waals surface area contributed by atoms with E-state index < -0.39 is 0 Å². The maximum atomic E-state index is 3.73. The largest absolute Gasteiger partial charge is 0.311 e. The number of rotatable bonds is 5. The molecule has 17 heavy (non-hydrogen) atoms. The Morgan fingerprint density at radius 2 is 1.82 bits per heavy atom. The van der Waals surface area contributed by atoms with Gasteiger partial charge in [0.15, 0.2) is 0 Å². The molecule has 0 saturated carbocycles. The molecular formula is C15H32N2. The van der Waals surface area contributed by atoms with Crippen LogP contribution in [-0.4, -0.2) is 36.1 Å². The van der Waals surface area contributed by atoms with Crippen molar-refractivity contribution in [3.8, 4) is 0 Å². The van der Waals surface area contributed by atoms with E-state index in [0.29, 0.717) is 12.1 Å². The van der Waals surface area contributed by atoms with Crippen molar-refractivity contribution in [1.82, 2.24) is 10.2 Å². The van der Waals surface area contributed by atoms with Crippen LogP contribution in [0.25, 0.3) is 0 Å². The predicted molar refractivity (Wildman–Crippen MR) is 76.3 cm³/mol. The summed E-state index contributed by atoms with van der Waals surface area (Å²) in [5.41, 5.74) is 0. The summed E-state index contributed by atoms with van der Waals surface area (Å²) in [4.78, 5) is 2.75. The quantitative estimate of drug-likeness (QED) is 0.794. The smallest absolute Gasteiger partial charge is 0.0221 e. The third-order valence-electron chi connectivity index (χ3n) is 4.59. The van der Waals surface area contributed by atoms with Crippen LogP contribution in [-0.2, 0) is 0 Å². The summed E-state index contributed by atoms with van der Waals surface area (Å²) < 4.78 is 0. The van der Waals surface area contributed by atoms with Gasteiger partial charge in [-0.05, 0) is 25.2 Å². The first kappa shape index (κ1) is 15.0. The van der Waals surface area contributed by atoms with Crippen molar-refractivity contribution in [2.75, 3.05) is 13.1 Å². The van der Waals surface area contributed by atoms with Gasteiger partial charge in [0.2, 0.25) is 0 Å². The molecule has 1 heterocycles. The fraction of sp³-hybridized carbons (Fsp3) is 1.00. The van der Waals surface area contributed by atoms with Gasteiger partial charge in [0.1, 0.15) is 0 Å². The summed E-state index contributed by atoms with van der Waals surface area (Å²) in [6.07, 6.45) is 2.55. The molecular weight excluding hydrogens is 208 g/mol. The van der Waals surface area contributed by atoms with Crippen LogP contribution in [0.2, 0.25) is 0 Å². The van der Waals surface area contributed by atoms with Crippen LogP contribution in [0, 0.1) is 11.8 Å². The van der Waals surface area contributed by atoms with E-state index in [0.717, 1.165) is 24.4 Å². The Hall–Kier alpha value is -0.0800. The predicted octanol–water partition coefficient (Wildman–Crippen LogP) is 3.13. The Labute approximate surface area is 108 Å². The molecule has 0 aliphatic carbocycles. The molecule has 1 fully saturated rings. The number of nitrogens with zero attached hydrogens (tertiary/aromatic N) is 1. The van der Waals surface area contributed by atoms with Crippen LogP contribution >= 0.6 is 0 Å². The number of nitrogens with one attached hydrogen (secondary N) is 1. The summed E-state index contributed by atoms with van der Waals surface area (Å²) in [6.45, 7) is 16.5. The van der Waals surface area contributed by atoms with Crippen molar-refractivity contribution in [1.29, 1.82) is 0 Å². The first-order valence-electron chi connectivity index (χ1n) is 7.50. The summed E-state index contributed by atoms with van der Waals surface area (Å²) in [5, 5.41) is 3.73. The molecule has 2 heteroatoms. The number of piperazine rings is 1. The zero-order valence-corrected chi connectivity index (χ0v) is 12.7. The Bertz CT molecular complexity index is 215. The minimum Gasteiger partial charge on any atom is -0.311 e. The first-order valence-corrected chi connectivity index (χ1v) is 7.50. The van der Waals surface area contributed by atoms with Gasteiger partial charge in [-0.25, -0.2) is 0 Å². The first-order chi connectivity index (χ1) is 8.01. The lowest BCUT2D eigenvalue weighted by atomic mass is 9.91. The van der Waals surface area contributed by atoms with Crippen LogP contribution in [0.1, 0.15) is 54.4 Å². The van der Waals surface area contributed by atoms with Crippen LogP contribution < -0.4 is 5.32 Å². The minimum atomic E-state index is 0.683. The van der Waals surface area contributed by atoms with E-state index in [9.17, 15) is 0 Å². The van der Waals surface area contributed by atoms with Gasteiger partial charge < -0.3 is 5.32 Å². The van der Waals surface area contributed by atoms with Crippen molar-refractivity contribution < 1.29 is 0 Å². The Morgan fingerprint density at radius 1 is 1.18 bits per heavy atom. The van der Waals surface area contributed by atoms with Crippen molar-refractivity contribution in [2.24, 2.45) is 11.8 Å². The summed E-state index contributed by atoms with van der Waals surface area (Å²) >= 11 is 0. The van der Waals surface area contributed by atoms with Crippen LogP contribution in [0.3, 0.4) is 0 Å². The van der Waals surface area contributed by atoms with Crippen LogP contribution in [0.4, 0.5) is 0 Å². The van der Waals surface area contributed by atoms with E-state index in [1.807, 2.05) is 0 Å². The fourth-order valence-electron chi connectivity index (χ4n) is 3.13. The lowest BCUT2D eigenvalue weighted by Gasteiger charge is -2.46. The molecule has 0 bridgehead atoms. The monoisotopic (exact) mass is 240 g/mol. The molecule has 4 atom stereocenters. The van der Waals surface area contributed by atoms with Crippen LogP contribution in [0.5, 0.6) is 0 Å². The topological polar surface area (TPSA) is 15.3 Å². The SMILES string of the molecule is CCC(C)C1CN(C(CC)C(C)C)C(C)CN1. The maximum absolute atomic E-state index is 3.73. The molecule has 1 aliphatic heterocycles. The van der Waals surface area contributed by atoms with Gasteiger partial charge in [-0.15, -0.1) is 0 Å². The highest BCUT2D eigenvalue weighted by Crippen LogP contribution is 2.22. The highest BCUT2D eigenvalue weighted by Gasteiger charge is 2.32. The second kappa shape index (κ2) is 6.75. The molecule has 1 rings (SSSR count). The average Bonchev–Trinajstić information content (AvgIpc) is 2.31. The molecule has 1 N–H and O–H groups in total. The standard InChI is InChI=1S/C15H32N2/c1-7-12(5)14-10-17(13(6)9-16-14)15(8-2)11(3)4/h11-16H,7-10H2,1-6H3. The second-order valence-corrected chi connectivity index (χ2v) is 6.17. The molecule has 1 saturated heterocycles. The molecule has 0 aromatic rings. The van der Waals surface area contributed by atoms with Crippen molar-refractivity contribution in [2.45, 2.75) is 72.5 Å². The molecule has 1 aliphatic rings. The van der Waals surface area contributed by atoms with Gasteiger partial charge in [0, 0.05) is 31.2 Å². The van der Waals surface area contributed by atoms with Gasteiger partial charge >= 0.3 is 0 Å². The molecule has 0 spiro atoms. The summed E-state index contributed by atoms with van der Waals surface area (Å²) in [6, 6.07) is 2.12. The highest BCUT2D eigenvalue weighted by atomic mass is 15.3. The zero-order valence-electron chi connectivity index (χ0n) is 12.7. The lowest BCUT2D eigenvalue weighted by molar-refractivity contribution is 0.0519. The third-order valence-corrected chi connectivity index (χ3v) is 4.59. The van der Waals surface area contributed by atoms with Crippen molar-refractivity contribution in [3.05, 3.63) is 0 Å². The Kier molecular flexibility index (Phi) is 5.94. The normalized spacial score (nSPS) is 30.5. The number of hydrogen-bond donors (Lipinski definition) is 1. The molecule has 4 unspecified atom stereocenters. The van der Waals surface area contributed by atoms with Gasteiger partial charge in [-0.1, -0.05) is 41.0 Å². The van der Waals surface area contributed by atoms with E-state index in [-0.39, 0.29) is 0 Å². The minimum absolute atomic E-state index is 0.683. The Morgan fingerprint density at radius 3 is 2.29 bits per heavy atom. The van der Waals surface area contributed by atoms with Crippen molar-refractivity contribution in [3.63, 3.8) is 0 Å². The van der Waals surface area contributed by atoms with Gasteiger partial charge in [-0.2, -0.15) is 0 Å². The number of hydrogen-bond acceptors (Lipinski definition) is 2. The highest BCUT2D eigenvalue weighted by molar-refractivity contribution is 4.90. The van der Waals surface area contributed by atoms with E-state index in [2.05, 4.69) is 51.8 Å². The van der Waals surface area contributed by atoms with E-state index in [1.54, 1.807) is 0 Å². The fourth-order valence-corrected chi connectivity index (χ4v) is 3.13. The molecule has 0 amide bonds. The second-order valence-electron chi connectivity index (χ2n) is 6.17. The molecule has 0 aromatic heterocycles. The summed E-state index contributed by atoms with van der Waals surface area (Å²) in [5.74, 6) is 1.55. The van der Waals surface area contributed by atoms with Crippen LogP contribution in [0.15, 0.2) is 0 Å². The maximum Gasteiger partial charge on any atom is 0.0221 e. The molecule has 0 radical (unpaired) electrons.